The van der Waals surface area contributed by atoms with Crippen LogP contribution in [0.1, 0.15) is 39.4 Å². The Morgan fingerprint density at radius 2 is 1.64 bits per heavy atom. The van der Waals surface area contributed by atoms with Gasteiger partial charge in [0.25, 0.3) is 0 Å². The van der Waals surface area contributed by atoms with Crippen LogP contribution in [0.2, 0.25) is 0 Å². The average molecular weight is 418 g/mol. The Kier molecular flexibility index (Phi) is 3.13. The molecule has 2 aromatic rings. The first-order valence-electron chi connectivity index (χ1n) is 11.5. The Hall–Kier alpha value is -2.21. The molecule has 5 nitrogen and oxygen atoms in total. The van der Waals surface area contributed by atoms with Gasteiger partial charge in [-0.2, -0.15) is 0 Å². The molecule has 0 heterocycles. The van der Waals surface area contributed by atoms with Crippen LogP contribution < -0.4 is 18.9 Å². The van der Waals surface area contributed by atoms with E-state index in [-0.39, 0.29) is 22.4 Å². The van der Waals surface area contributed by atoms with E-state index in [1.807, 2.05) is 0 Å². The molecule has 0 aliphatic heterocycles. The summed E-state index contributed by atoms with van der Waals surface area (Å²) in [4.78, 5) is 13.7. The highest BCUT2D eigenvalue weighted by Gasteiger charge is 2.28. The van der Waals surface area contributed by atoms with E-state index in [4.69, 9.17) is 31.3 Å². The van der Waals surface area contributed by atoms with Gasteiger partial charge in [0.1, 0.15) is 5.75 Å². The van der Waals surface area contributed by atoms with Crippen molar-refractivity contribution in [1.29, 1.82) is 0 Å². The van der Waals surface area contributed by atoms with Gasteiger partial charge in [-0.15, -0.1) is 0 Å². The van der Waals surface area contributed by atoms with E-state index in [9.17, 15) is 4.79 Å². The van der Waals surface area contributed by atoms with Crippen LogP contribution in [0.5, 0.6) is 23.0 Å². The molecule has 0 radical (unpaired) electrons. The average Bonchev–Trinajstić information content (AvgIpc) is 2.63. The number of halogens is 1. The predicted octanol–water partition coefficient (Wildman–Crippen LogP) is 4.33. The first-order valence-corrected chi connectivity index (χ1v) is 7.76. The topological polar surface area (TPSA) is 54.0 Å². The summed E-state index contributed by atoms with van der Waals surface area (Å²) in [6.07, 6.45) is 0. The Morgan fingerprint density at radius 1 is 0.960 bits per heavy atom. The van der Waals surface area contributed by atoms with Crippen LogP contribution in [0.4, 0.5) is 0 Å². The van der Waals surface area contributed by atoms with Crippen LogP contribution >= 0.6 is 15.9 Å². The summed E-state index contributed by atoms with van der Waals surface area (Å²) in [6.45, 7) is 3.00. The molecule has 134 valence electrons. The van der Waals surface area contributed by atoms with E-state index in [1.165, 1.54) is 20.1 Å². The van der Waals surface area contributed by atoms with Gasteiger partial charge in [-0.1, -0.05) is 15.9 Å². The van der Waals surface area contributed by atoms with E-state index in [2.05, 4.69) is 15.9 Å². The molecular weight excluding hydrogens is 388 g/mol. The number of aryl methyl sites for hydroxylation is 1. The number of benzene rings is 2. The zero-order valence-electron chi connectivity index (χ0n) is 22.7. The third-order valence-corrected chi connectivity index (χ3v) is 4.61. The van der Waals surface area contributed by atoms with Gasteiger partial charge in [0.15, 0.2) is 11.5 Å². The van der Waals surface area contributed by atoms with Gasteiger partial charge in [0, 0.05) is 4.47 Å². The first kappa shape index (κ1) is 10.1. The maximum Gasteiger partial charge on any atom is 0.204 e. The summed E-state index contributed by atoms with van der Waals surface area (Å²) < 4.78 is 87.7. The molecule has 2 aromatic carbocycles. The van der Waals surface area contributed by atoms with E-state index in [0.717, 1.165) is 6.07 Å². The molecule has 0 aliphatic carbocycles. The Labute approximate surface area is 168 Å². The SMILES string of the molecule is [2H]C([2H])([2H])Oc1cc(C)c(C(=O)c2c(OC)ccc(Br)c2C)c(OC([2H])([2H])[2H])c1OC([2H])([2H])[2H]. The van der Waals surface area contributed by atoms with Gasteiger partial charge in [-0.3, -0.25) is 4.79 Å². The van der Waals surface area contributed by atoms with Crippen molar-refractivity contribution in [2.24, 2.45) is 0 Å². The predicted molar refractivity (Wildman–Crippen MR) is 99.7 cm³/mol. The van der Waals surface area contributed by atoms with Gasteiger partial charge in [-0.05, 0) is 43.2 Å². The van der Waals surface area contributed by atoms with Gasteiger partial charge in [0.05, 0.1) is 51.7 Å². The van der Waals surface area contributed by atoms with Crippen molar-refractivity contribution in [2.45, 2.75) is 13.8 Å². The summed E-state index contributed by atoms with van der Waals surface area (Å²) >= 11 is 3.32. The van der Waals surface area contributed by atoms with Crippen molar-refractivity contribution in [3.8, 4) is 23.0 Å². The zero-order valence-corrected chi connectivity index (χ0v) is 15.2. The second-order valence-corrected chi connectivity index (χ2v) is 5.96. The molecule has 0 bridgehead atoms. The summed E-state index contributed by atoms with van der Waals surface area (Å²) in [6, 6.07) is 4.22. The molecule has 0 saturated carbocycles. The zero-order chi connectivity index (χ0) is 26.2. The van der Waals surface area contributed by atoms with Crippen LogP contribution in [0.15, 0.2) is 22.7 Å². The molecule has 0 atom stereocenters. The monoisotopic (exact) mass is 417 g/mol. The lowest BCUT2D eigenvalue weighted by molar-refractivity contribution is 0.103. The Balaban J connectivity index is 2.96. The lowest BCUT2D eigenvalue weighted by Gasteiger charge is -2.19. The maximum absolute atomic E-state index is 13.7. The van der Waals surface area contributed by atoms with Gasteiger partial charge in [-0.25, -0.2) is 0 Å². The number of methoxy groups -OCH3 is 4. The summed E-state index contributed by atoms with van der Waals surface area (Å²) in [5.74, 6) is -2.92. The Morgan fingerprint density at radius 3 is 2.28 bits per heavy atom. The molecule has 6 heteroatoms. The van der Waals surface area contributed by atoms with Crippen molar-refractivity contribution < 1.29 is 36.1 Å². The van der Waals surface area contributed by atoms with Gasteiger partial charge >= 0.3 is 0 Å². The smallest absolute Gasteiger partial charge is 0.204 e. The van der Waals surface area contributed by atoms with Crippen molar-refractivity contribution >= 4 is 21.7 Å². The third-order valence-electron chi connectivity index (χ3n) is 3.75. The molecule has 0 amide bonds. The number of hydrogen-bond acceptors (Lipinski definition) is 5. The third kappa shape index (κ3) is 3.31. The van der Waals surface area contributed by atoms with Crippen LogP contribution in [0, 0.1) is 13.8 Å². The molecule has 0 fully saturated rings. The molecule has 0 saturated heterocycles. The molecule has 0 unspecified atom stereocenters. The van der Waals surface area contributed by atoms with E-state index >= 15 is 0 Å². The lowest BCUT2D eigenvalue weighted by Crippen LogP contribution is -2.11. The highest BCUT2D eigenvalue weighted by molar-refractivity contribution is 9.10. The summed E-state index contributed by atoms with van der Waals surface area (Å²) in [7, 11) is -8.04. The van der Waals surface area contributed by atoms with Gasteiger partial charge < -0.3 is 18.9 Å². The molecule has 2 rings (SSSR count). The second kappa shape index (κ2) is 7.78. The molecule has 0 aliphatic rings. The van der Waals surface area contributed by atoms with Crippen LogP contribution in [-0.4, -0.2) is 34.0 Å². The molecule has 25 heavy (non-hydrogen) atoms. The Bertz CT molecular complexity index is 1090. The minimum Gasteiger partial charge on any atom is -0.496 e. The number of carbonyl (C=O) groups excluding carboxylic acids is 1. The van der Waals surface area contributed by atoms with Crippen molar-refractivity contribution in [3.63, 3.8) is 0 Å². The van der Waals surface area contributed by atoms with Crippen molar-refractivity contribution in [3.05, 3.63) is 44.9 Å². The first-order chi connectivity index (χ1) is 15.3. The van der Waals surface area contributed by atoms with Crippen LogP contribution in [0.3, 0.4) is 0 Å². The second-order valence-electron chi connectivity index (χ2n) is 5.11. The maximum atomic E-state index is 13.7. The molecule has 0 aromatic heterocycles. The minimum absolute atomic E-state index is 0.0414. The number of carbonyl (C=O) groups is 1. The highest BCUT2D eigenvalue weighted by atomic mass is 79.9. The fourth-order valence-corrected chi connectivity index (χ4v) is 2.86. The fraction of sp³-hybridized carbons (Fsp3) is 0.316. The molecular formula is C19H21BrO5. The van der Waals surface area contributed by atoms with Crippen molar-refractivity contribution in [1.82, 2.24) is 0 Å². The van der Waals surface area contributed by atoms with Gasteiger partial charge in [0.2, 0.25) is 11.5 Å². The van der Waals surface area contributed by atoms with Crippen LogP contribution in [0.25, 0.3) is 0 Å². The fourth-order valence-electron chi connectivity index (χ4n) is 2.53. The number of ketones is 1. The summed E-state index contributed by atoms with van der Waals surface area (Å²) in [5, 5.41) is 0. The number of ether oxygens (including phenoxy) is 4. The van der Waals surface area contributed by atoms with E-state index in [0.29, 0.717) is 10.0 Å². The van der Waals surface area contributed by atoms with Crippen LogP contribution in [-0.2, 0) is 0 Å². The highest BCUT2D eigenvalue weighted by Crippen LogP contribution is 2.43. The normalized spacial score (nSPS) is 17.2. The van der Waals surface area contributed by atoms with Crippen molar-refractivity contribution in [2.75, 3.05) is 28.2 Å². The molecule has 0 N–H and O–H groups in total. The number of rotatable bonds is 6. The van der Waals surface area contributed by atoms with E-state index in [1.54, 1.807) is 13.0 Å². The molecule has 0 spiro atoms. The minimum atomic E-state index is -3.17. The standard InChI is InChI=1S/C19H21BrO5/c1-10-9-14(23-4)18(24-5)19(25-6)15(10)17(21)16-11(2)12(20)7-8-13(16)22-3/h7-9H,1-6H3/i4D3,5D3,6D3. The number of hydrogen-bond donors (Lipinski definition) is 0. The largest absolute Gasteiger partial charge is 0.496 e. The lowest BCUT2D eigenvalue weighted by atomic mass is 9.93. The quantitative estimate of drug-likeness (QED) is 0.654. The van der Waals surface area contributed by atoms with E-state index < -0.39 is 44.1 Å². The summed E-state index contributed by atoms with van der Waals surface area (Å²) in [5.41, 5.74) is 0.167.